The number of anilines is 1. The number of hydrogen-bond donors (Lipinski definition) is 0. The van der Waals surface area contributed by atoms with Gasteiger partial charge in [-0.1, -0.05) is 48.5 Å². The summed E-state index contributed by atoms with van der Waals surface area (Å²) >= 11 is 0.919. The van der Waals surface area contributed by atoms with Gasteiger partial charge in [-0.25, -0.2) is 13.2 Å². The van der Waals surface area contributed by atoms with E-state index >= 15 is 0 Å². The van der Waals surface area contributed by atoms with Gasteiger partial charge in [0.1, 0.15) is 6.61 Å². The number of hydrogen-bond acceptors (Lipinski definition) is 7. The zero-order valence-electron chi connectivity index (χ0n) is 18.2. The highest BCUT2D eigenvalue weighted by atomic mass is 32.2. The maximum absolute atomic E-state index is 13.4. The molecule has 3 aromatic rings. The summed E-state index contributed by atoms with van der Waals surface area (Å²) in [6, 6.07) is 15.4. The molecule has 0 unspecified atom stereocenters. The van der Waals surface area contributed by atoms with Gasteiger partial charge < -0.3 is 4.74 Å². The Bertz CT molecular complexity index is 1270. The first-order valence-electron chi connectivity index (χ1n) is 10.8. The van der Waals surface area contributed by atoms with Crippen LogP contribution in [0.5, 0.6) is 0 Å². The first kappa shape index (κ1) is 22.0. The van der Waals surface area contributed by atoms with Gasteiger partial charge in [0.15, 0.2) is 0 Å². The summed E-state index contributed by atoms with van der Waals surface area (Å²) in [5, 5.41) is 0.0355. The highest BCUT2D eigenvalue weighted by Gasteiger charge is 2.39. The first-order valence-corrected chi connectivity index (χ1v) is 13.0. The van der Waals surface area contributed by atoms with E-state index in [0.717, 1.165) is 34.1 Å². The summed E-state index contributed by atoms with van der Waals surface area (Å²) in [7, 11) is -3.77. The van der Waals surface area contributed by atoms with E-state index in [4.69, 9.17) is 4.74 Å². The quantitative estimate of drug-likeness (QED) is 0.548. The molecule has 0 radical (unpaired) electrons. The number of rotatable bonds is 5. The van der Waals surface area contributed by atoms with E-state index in [1.54, 1.807) is 4.90 Å². The molecule has 8 nitrogen and oxygen atoms in total. The third-order valence-electron chi connectivity index (χ3n) is 6.22. The van der Waals surface area contributed by atoms with Crippen molar-refractivity contribution in [3.63, 3.8) is 0 Å². The summed E-state index contributed by atoms with van der Waals surface area (Å²) in [5.74, 6) is 0. The van der Waals surface area contributed by atoms with E-state index in [0.29, 0.717) is 38.0 Å². The van der Waals surface area contributed by atoms with Gasteiger partial charge in [-0.3, -0.25) is 4.90 Å². The molecule has 10 heteroatoms. The number of aryl methyl sites for hydroxylation is 1. The molecule has 172 valence electrons. The molecule has 1 fully saturated rings. The minimum Gasteiger partial charge on any atom is -0.444 e. The molecule has 0 aliphatic carbocycles. The Hall–Kier alpha value is -2.82. The molecule has 2 aromatic carbocycles. The van der Waals surface area contributed by atoms with Gasteiger partial charge in [-0.15, -0.1) is 0 Å². The normalized spacial score (nSPS) is 17.6. The van der Waals surface area contributed by atoms with Crippen molar-refractivity contribution in [2.24, 2.45) is 0 Å². The topological polar surface area (TPSA) is 92.7 Å². The van der Waals surface area contributed by atoms with E-state index in [2.05, 4.69) is 8.75 Å². The molecule has 2 aliphatic rings. The minimum absolute atomic E-state index is 0.0355. The Morgan fingerprint density at radius 2 is 1.82 bits per heavy atom. The molecule has 5 rings (SSSR count). The predicted molar refractivity (Wildman–Crippen MR) is 125 cm³/mol. The fourth-order valence-corrected chi connectivity index (χ4v) is 6.92. The number of amides is 1. The zero-order chi connectivity index (χ0) is 23.0. The molecular formula is C23H24N4O4S2. The van der Waals surface area contributed by atoms with Crippen LogP contribution in [-0.4, -0.2) is 46.7 Å². The number of nitrogens with zero attached hydrogens (tertiary/aromatic N) is 4. The lowest BCUT2D eigenvalue weighted by molar-refractivity contribution is 0.135. The van der Waals surface area contributed by atoms with Gasteiger partial charge in [0.2, 0.25) is 5.03 Å². The summed E-state index contributed by atoms with van der Waals surface area (Å²) in [5.41, 5.74) is 4.33. The smallest absolute Gasteiger partial charge is 0.414 e. The number of ether oxygens (including phenoxy) is 1. The van der Waals surface area contributed by atoms with Gasteiger partial charge in [0.25, 0.3) is 10.0 Å². The van der Waals surface area contributed by atoms with Gasteiger partial charge in [-0.2, -0.15) is 13.1 Å². The van der Waals surface area contributed by atoms with Crippen LogP contribution < -0.4 is 4.90 Å². The second kappa shape index (κ2) is 8.85. The van der Waals surface area contributed by atoms with Gasteiger partial charge in [-0.05, 0) is 30.9 Å². The number of piperidine rings is 1. The molecule has 1 aromatic heterocycles. The number of cyclic esters (lactones) is 1. The molecule has 0 bridgehead atoms. The van der Waals surface area contributed by atoms with Crippen LogP contribution >= 0.6 is 11.7 Å². The van der Waals surface area contributed by atoms with Crippen LogP contribution in [0.15, 0.2) is 53.6 Å². The SMILES string of the molecule is Cc1cccc2c1N(C1CCN(S(=O)(=O)c3nsnc3Cc3ccccc3)CC1)C(=O)OC2. The monoisotopic (exact) mass is 484 g/mol. The lowest BCUT2D eigenvalue weighted by Crippen LogP contribution is -2.50. The van der Waals surface area contributed by atoms with Crippen LogP contribution in [0.3, 0.4) is 0 Å². The minimum atomic E-state index is -3.77. The van der Waals surface area contributed by atoms with Crippen LogP contribution in [0, 0.1) is 6.92 Å². The second-order valence-corrected chi connectivity index (χ2v) is 10.7. The van der Waals surface area contributed by atoms with Crippen LogP contribution in [0.2, 0.25) is 0 Å². The van der Waals surface area contributed by atoms with Crippen molar-refractivity contribution >= 4 is 33.5 Å². The highest BCUT2D eigenvalue weighted by molar-refractivity contribution is 7.89. The van der Waals surface area contributed by atoms with Crippen molar-refractivity contribution in [3.8, 4) is 0 Å². The van der Waals surface area contributed by atoms with Gasteiger partial charge in [0, 0.05) is 31.1 Å². The molecule has 1 amide bonds. The number of carbonyl (C=O) groups excluding carboxylic acids is 1. The highest BCUT2D eigenvalue weighted by Crippen LogP contribution is 2.35. The maximum Gasteiger partial charge on any atom is 0.414 e. The lowest BCUT2D eigenvalue weighted by Gasteiger charge is -2.40. The number of fused-ring (bicyclic) bond motifs is 1. The second-order valence-electron chi connectivity index (χ2n) is 8.32. The van der Waals surface area contributed by atoms with E-state index < -0.39 is 10.0 Å². The predicted octanol–water partition coefficient (Wildman–Crippen LogP) is 3.75. The summed E-state index contributed by atoms with van der Waals surface area (Å²) < 4.78 is 42.0. The average molecular weight is 485 g/mol. The van der Waals surface area contributed by atoms with E-state index in [9.17, 15) is 13.2 Å². The Labute approximate surface area is 197 Å². The van der Waals surface area contributed by atoms with Crippen LogP contribution in [0.25, 0.3) is 0 Å². The van der Waals surface area contributed by atoms with Crippen molar-refractivity contribution in [2.45, 2.75) is 43.9 Å². The van der Waals surface area contributed by atoms with Crippen LogP contribution in [-0.2, 0) is 27.8 Å². The largest absolute Gasteiger partial charge is 0.444 e. The Balaban J connectivity index is 1.33. The first-order chi connectivity index (χ1) is 15.9. The lowest BCUT2D eigenvalue weighted by atomic mass is 10.00. The van der Waals surface area contributed by atoms with E-state index in [1.807, 2.05) is 55.5 Å². The molecule has 3 heterocycles. The van der Waals surface area contributed by atoms with Crippen molar-refractivity contribution < 1.29 is 17.9 Å². The van der Waals surface area contributed by atoms with E-state index in [-0.39, 0.29) is 23.8 Å². The number of benzene rings is 2. The Kier molecular flexibility index (Phi) is 5.90. The average Bonchev–Trinajstić information content (AvgIpc) is 3.29. The molecule has 0 N–H and O–H groups in total. The molecule has 0 saturated carbocycles. The molecule has 1 saturated heterocycles. The molecule has 2 aliphatic heterocycles. The molecule has 33 heavy (non-hydrogen) atoms. The Morgan fingerprint density at radius 3 is 2.58 bits per heavy atom. The zero-order valence-corrected chi connectivity index (χ0v) is 19.8. The molecular weight excluding hydrogens is 460 g/mol. The standard InChI is InChI=1S/C23H24N4O4S2/c1-16-6-5-9-18-15-31-23(28)27(21(16)18)19-10-12-26(13-11-19)33(29,30)22-20(24-32-25-22)14-17-7-3-2-4-8-17/h2-9,19H,10-15H2,1H3. The van der Waals surface area contributed by atoms with Gasteiger partial charge >= 0.3 is 6.09 Å². The van der Waals surface area contributed by atoms with Crippen molar-refractivity contribution in [2.75, 3.05) is 18.0 Å². The van der Waals surface area contributed by atoms with Crippen molar-refractivity contribution in [1.29, 1.82) is 0 Å². The summed E-state index contributed by atoms with van der Waals surface area (Å²) in [6.07, 6.45) is 1.09. The Morgan fingerprint density at radius 1 is 1.06 bits per heavy atom. The third kappa shape index (κ3) is 4.14. The molecule has 0 spiro atoms. The van der Waals surface area contributed by atoms with Crippen molar-refractivity contribution in [3.05, 3.63) is 70.9 Å². The third-order valence-corrected chi connectivity index (χ3v) is 8.76. The fourth-order valence-electron chi connectivity index (χ4n) is 4.57. The molecule has 0 atom stereocenters. The summed E-state index contributed by atoms with van der Waals surface area (Å²) in [4.78, 5) is 14.4. The number of carbonyl (C=O) groups is 1. The van der Waals surface area contributed by atoms with Crippen LogP contribution in [0.4, 0.5) is 10.5 Å². The van der Waals surface area contributed by atoms with Gasteiger partial charge in [0.05, 0.1) is 23.1 Å². The number of sulfonamides is 1. The fraction of sp³-hybridized carbons (Fsp3) is 0.348. The van der Waals surface area contributed by atoms with Crippen LogP contribution in [0.1, 0.15) is 35.2 Å². The maximum atomic E-state index is 13.4. The number of para-hydroxylation sites is 1. The number of aromatic nitrogens is 2. The van der Waals surface area contributed by atoms with E-state index in [1.165, 1.54) is 4.31 Å². The summed E-state index contributed by atoms with van der Waals surface area (Å²) in [6.45, 7) is 2.86. The van der Waals surface area contributed by atoms with Crippen molar-refractivity contribution in [1.82, 2.24) is 13.1 Å².